The van der Waals surface area contributed by atoms with Crippen LogP contribution in [-0.2, 0) is 16.6 Å². The van der Waals surface area contributed by atoms with Crippen molar-refractivity contribution in [3.8, 4) is 11.3 Å². The number of nitrogens with one attached hydrogen (secondary N) is 1. The Morgan fingerprint density at radius 2 is 1.92 bits per heavy atom. The molecular formula is C27H29N7O3. The lowest BCUT2D eigenvalue weighted by atomic mass is 9.73. The largest absolute Gasteiger partial charge is 0.477 e. The third-order valence-electron chi connectivity index (χ3n) is 7.61. The normalized spacial score (nSPS) is 20.2. The number of aliphatic carboxylic acids is 1. The zero-order valence-electron chi connectivity index (χ0n) is 21.0. The maximum absolute atomic E-state index is 12.5. The van der Waals surface area contributed by atoms with Crippen LogP contribution in [0.3, 0.4) is 0 Å². The Hall–Kier alpha value is -4.05. The van der Waals surface area contributed by atoms with Crippen molar-refractivity contribution >= 4 is 11.7 Å². The van der Waals surface area contributed by atoms with Gasteiger partial charge in [0, 0.05) is 50.6 Å². The number of hydrogen-bond donors (Lipinski definition) is 2. The summed E-state index contributed by atoms with van der Waals surface area (Å²) < 4.78 is 7.45. The van der Waals surface area contributed by atoms with Gasteiger partial charge in [-0.2, -0.15) is 0 Å². The van der Waals surface area contributed by atoms with Gasteiger partial charge in [-0.25, -0.2) is 9.48 Å². The first-order valence-electron chi connectivity index (χ1n) is 12.5. The number of pyridine rings is 1. The second-order valence-corrected chi connectivity index (χ2v) is 9.78. The van der Waals surface area contributed by atoms with Gasteiger partial charge in [0.15, 0.2) is 0 Å². The molecule has 0 radical (unpaired) electrons. The molecule has 0 spiro atoms. The third-order valence-corrected chi connectivity index (χ3v) is 7.61. The molecular weight excluding hydrogens is 470 g/mol. The predicted molar refractivity (Wildman–Crippen MR) is 135 cm³/mol. The average Bonchev–Trinajstić information content (AvgIpc) is 3.44. The number of likely N-dealkylation sites (N-methyl/N-ethyl adjacent to an activating group) is 1. The second kappa shape index (κ2) is 9.11. The van der Waals surface area contributed by atoms with Gasteiger partial charge in [0.25, 0.3) is 0 Å². The lowest BCUT2D eigenvalue weighted by molar-refractivity contribution is -0.133. The molecule has 3 aromatic rings. The van der Waals surface area contributed by atoms with Gasteiger partial charge in [0.05, 0.1) is 28.5 Å². The molecule has 2 N–H and O–H groups in total. The monoisotopic (exact) mass is 499 g/mol. The van der Waals surface area contributed by atoms with Gasteiger partial charge in [0.2, 0.25) is 0 Å². The fourth-order valence-corrected chi connectivity index (χ4v) is 6.02. The first-order valence-corrected chi connectivity index (χ1v) is 12.5. The number of carbonyl (C=O) groups is 1. The number of nitrogens with zero attached hydrogens (tertiary/aromatic N) is 6. The quantitative estimate of drug-likeness (QED) is 0.539. The number of fused-ring (bicyclic) bond motifs is 2. The van der Waals surface area contributed by atoms with Gasteiger partial charge in [0.1, 0.15) is 11.0 Å². The van der Waals surface area contributed by atoms with E-state index in [1.165, 1.54) is 0 Å². The molecule has 5 heterocycles. The third kappa shape index (κ3) is 3.79. The standard InChI is InChI=1S/C27H29N7O3/c1-15-25(34(3)32-30-15)18-9-12-28-24-21(18)29-22(20-23(27(35)36)31-33(2)26(20)24)19(16-7-5-4-6-8-16)17-10-13-37-14-11-17/h4-9,12,17,19,22,31H,10-11,13-14H2,1-3H3,(H,35,36). The van der Waals surface area contributed by atoms with E-state index in [1.54, 1.807) is 15.9 Å². The summed E-state index contributed by atoms with van der Waals surface area (Å²) in [7, 11) is 3.69. The minimum Gasteiger partial charge on any atom is -0.477 e. The number of benzene rings is 1. The van der Waals surface area contributed by atoms with Crippen molar-refractivity contribution in [2.75, 3.05) is 20.3 Å². The topological polar surface area (TPSA) is 118 Å². The number of hydrogen-bond acceptors (Lipinski definition) is 8. The zero-order valence-corrected chi connectivity index (χ0v) is 21.0. The van der Waals surface area contributed by atoms with Gasteiger partial charge in [-0.05, 0) is 37.3 Å². The van der Waals surface area contributed by atoms with Gasteiger partial charge in [-0.15, -0.1) is 5.10 Å². The van der Waals surface area contributed by atoms with Gasteiger partial charge >= 0.3 is 5.97 Å². The van der Waals surface area contributed by atoms with E-state index < -0.39 is 12.0 Å². The van der Waals surface area contributed by atoms with Gasteiger partial charge in [-0.3, -0.25) is 20.4 Å². The Kier molecular flexibility index (Phi) is 5.75. The molecule has 1 fully saturated rings. The number of ether oxygens (including phenoxy) is 1. The molecule has 6 rings (SSSR count). The van der Waals surface area contributed by atoms with Crippen LogP contribution in [0.5, 0.6) is 0 Å². The van der Waals surface area contributed by atoms with E-state index in [1.807, 2.05) is 45.3 Å². The summed E-state index contributed by atoms with van der Waals surface area (Å²) in [6, 6.07) is 11.8. The minimum absolute atomic E-state index is 0.0373. The molecule has 0 saturated carbocycles. The van der Waals surface area contributed by atoms with Crippen LogP contribution in [-0.4, -0.2) is 62.4 Å². The van der Waals surface area contributed by atoms with Crippen LogP contribution in [0.2, 0.25) is 0 Å². The average molecular weight is 500 g/mol. The molecule has 0 amide bonds. The van der Waals surface area contributed by atoms with E-state index in [-0.39, 0.29) is 17.5 Å². The van der Waals surface area contributed by atoms with Crippen molar-refractivity contribution < 1.29 is 14.6 Å². The van der Waals surface area contributed by atoms with Crippen molar-refractivity contribution in [2.24, 2.45) is 18.0 Å². The number of hydrazine groups is 1. The molecule has 1 saturated heterocycles. The number of aromatic nitrogens is 4. The van der Waals surface area contributed by atoms with Crippen LogP contribution < -0.4 is 16.1 Å². The summed E-state index contributed by atoms with van der Waals surface area (Å²) in [6.07, 6.45) is 3.51. The molecule has 2 aromatic heterocycles. The van der Waals surface area contributed by atoms with E-state index >= 15 is 0 Å². The first-order chi connectivity index (χ1) is 18.0. The Morgan fingerprint density at radius 3 is 2.59 bits per heavy atom. The van der Waals surface area contributed by atoms with Crippen molar-refractivity contribution in [3.63, 3.8) is 0 Å². The molecule has 1 aromatic carbocycles. The van der Waals surface area contributed by atoms with E-state index in [9.17, 15) is 9.90 Å². The Balaban J connectivity index is 1.68. The van der Waals surface area contributed by atoms with Crippen LogP contribution >= 0.6 is 0 Å². The highest BCUT2D eigenvalue weighted by Gasteiger charge is 2.43. The van der Waals surface area contributed by atoms with Crippen molar-refractivity contribution in [1.82, 2.24) is 30.4 Å². The van der Waals surface area contributed by atoms with E-state index in [2.05, 4.69) is 27.9 Å². The minimum atomic E-state index is -1.01. The summed E-state index contributed by atoms with van der Waals surface area (Å²) in [6.45, 7) is 3.29. The SMILES string of the molecule is Cc1nnn(C)c1-c1ccnc2c1=NC(C(c1ccccc1)C1CCOCC1)C1=C(C(=O)O)NN(C)C=21. The number of aryl methyl sites for hydroxylation is 2. The molecule has 10 nitrogen and oxygen atoms in total. The lowest BCUT2D eigenvalue weighted by Gasteiger charge is -2.36. The van der Waals surface area contributed by atoms with Crippen molar-refractivity contribution in [2.45, 2.75) is 31.7 Å². The molecule has 3 aliphatic heterocycles. The molecule has 37 heavy (non-hydrogen) atoms. The summed E-state index contributed by atoms with van der Waals surface area (Å²) in [5.74, 6) is -0.770. The predicted octanol–water partition coefficient (Wildman–Crippen LogP) is 1.29. The van der Waals surface area contributed by atoms with Gasteiger partial charge < -0.3 is 9.84 Å². The summed E-state index contributed by atoms with van der Waals surface area (Å²) in [5, 5.41) is 21.8. The van der Waals surface area contributed by atoms with Crippen LogP contribution in [0.25, 0.3) is 17.0 Å². The molecule has 190 valence electrons. The highest BCUT2D eigenvalue weighted by molar-refractivity contribution is 5.93. The molecule has 10 heteroatoms. The molecule has 2 unspecified atom stereocenters. The second-order valence-electron chi connectivity index (χ2n) is 9.78. The Labute approximate surface area is 214 Å². The molecule has 3 aliphatic rings. The maximum Gasteiger partial charge on any atom is 0.354 e. The van der Waals surface area contributed by atoms with Crippen molar-refractivity contribution in [3.05, 3.63) is 75.8 Å². The Morgan fingerprint density at radius 1 is 1.16 bits per heavy atom. The summed E-state index contributed by atoms with van der Waals surface area (Å²) in [5.41, 5.74) is 8.32. The van der Waals surface area contributed by atoms with Crippen molar-refractivity contribution in [1.29, 1.82) is 0 Å². The fraction of sp³-hybridized carbons (Fsp3) is 0.370. The highest BCUT2D eigenvalue weighted by atomic mass is 16.5. The number of rotatable bonds is 5. The van der Waals surface area contributed by atoms with E-state index in [4.69, 9.17) is 14.7 Å². The number of carboxylic acids is 1. The number of carboxylic acid groups (broad SMARTS) is 1. The highest BCUT2D eigenvalue weighted by Crippen LogP contribution is 2.43. The zero-order chi connectivity index (χ0) is 25.7. The van der Waals surface area contributed by atoms with Crippen LogP contribution in [0.4, 0.5) is 0 Å². The van der Waals surface area contributed by atoms with Crippen LogP contribution in [0.1, 0.15) is 30.0 Å². The van der Waals surface area contributed by atoms with Crippen LogP contribution in [0, 0.1) is 12.8 Å². The maximum atomic E-state index is 12.5. The molecule has 0 bridgehead atoms. The Bertz CT molecular complexity index is 1500. The van der Waals surface area contributed by atoms with E-state index in [0.29, 0.717) is 24.1 Å². The van der Waals surface area contributed by atoms with E-state index in [0.717, 1.165) is 46.4 Å². The lowest BCUT2D eigenvalue weighted by Crippen LogP contribution is -2.45. The smallest absolute Gasteiger partial charge is 0.354 e. The van der Waals surface area contributed by atoms with Gasteiger partial charge in [-0.1, -0.05) is 35.5 Å². The molecule has 2 atom stereocenters. The first kappa shape index (κ1) is 23.4. The summed E-state index contributed by atoms with van der Waals surface area (Å²) in [4.78, 5) is 22.5. The summed E-state index contributed by atoms with van der Waals surface area (Å²) >= 11 is 0. The fourth-order valence-electron chi connectivity index (χ4n) is 6.02. The molecule has 0 aliphatic carbocycles. The van der Waals surface area contributed by atoms with Crippen LogP contribution in [0.15, 0.2) is 58.9 Å².